The molecule has 1 N–H and O–H groups in total. The fourth-order valence-electron chi connectivity index (χ4n) is 3.27. The highest BCUT2D eigenvalue weighted by Crippen LogP contribution is 2.35. The predicted molar refractivity (Wildman–Crippen MR) is 96.7 cm³/mol. The molecule has 1 saturated heterocycles. The van der Waals surface area contributed by atoms with Gasteiger partial charge in [-0.15, -0.1) is 0 Å². The van der Waals surface area contributed by atoms with Crippen molar-refractivity contribution in [2.24, 2.45) is 0 Å². The topological polar surface area (TPSA) is 38.3 Å². The Labute approximate surface area is 148 Å². The number of carbonyl (C=O) groups is 1. The summed E-state index contributed by atoms with van der Waals surface area (Å²) in [5.41, 5.74) is 2.90. The molecule has 3 nitrogen and oxygen atoms in total. The van der Waals surface area contributed by atoms with Crippen LogP contribution in [0.1, 0.15) is 34.3 Å². The van der Waals surface area contributed by atoms with Crippen molar-refractivity contribution in [2.45, 2.75) is 25.2 Å². The minimum atomic E-state index is -0.0949. The first kappa shape index (κ1) is 17.0. The summed E-state index contributed by atoms with van der Waals surface area (Å²) in [5, 5.41) is 3.85. The Morgan fingerprint density at radius 2 is 1.88 bits per heavy atom. The lowest BCUT2D eigenvalue weighted by Crippen LogP contribution is -2.44. The molecule has 0 bridgehead atoms. The van der Waals surface area contributed by atoms with Crippen LogP contribution in [0.5, 0.6) is 0 Å². The van der Waals surface area contributed by atoms with Crippen molar-refractivity contribution in [3.8, 4) is 0 Å². The number of hydrogen-bond acceptors (Lipinski definition) is 2. The molecule has 0 atom stereocenters. The van der Waals surface area contributed by atoms with E-state index >= 15 is 0 Å². The van der Waals surface area contributed by atoms with Crippen LogP contribution in [0.25, 0.3) is 0 Å². The monoisotopic (exact) mass is 343 g/mol. The number of benzene rings is 2. The standard InChI is InChI=1S/C20H22ClNO2/c1-15-3-2-4-16(13-15)19(23)22-14-20(9-11-24-12-10-20)17-5-7-18(21)8-6-17/h2-8,13H,9-12,14H2,1H3,(H,22,23). The summed E-state index contributed by atoms with van der Waals surface area (Å²) in [5.74, 6) is -0.0291. The zero-order valence-corrected chi connectivity index (χ0v) is 14.6. The zero-order chi connectivity index (χ0) is 17.0. The van der Waals surface area contributed by atoms with Crippen LogP contribution in [0.2, 0.25) is 5.02 Å². The minimum Gasteiger partial charge on any atom is -0.381 e. The number of carbonyl (C=O) groups excluding carboxylic acids is 1. The van der Waals surface area contributed by atoms with E-state index in [1.54, 1.807) is 0 Å². The summed E-state index contributed by atoms with van der Waals surface area (Å²) in [6, 6.07) is 15.6. The molecule has 0 unspecified atom stereocenters. The van der Waals surface area contributed by atoms with E-state index in [2.05, 4.69) is 17.4 Å². The van der Waals surface area contributed by atoms with Gasteiger partial charge in [-0.1, -0.05) is 41.4 Å². The lowest BCUT2D eigenvalue weighted by Gasteiger charge is -2.38. The van der Waals surface area contributed by atoms with E-state index < -0.39 is 0 Å². The van der Waals surface area contributed by atoms with Gasteiger partial charge >= 0.3 is 0 Å². The van der Waals surface area contributed by atoms with E-state index in [-0.39, 0.29) is 11.3 Å². The molecule has 2 aromatic carbocycles. The molecule has 1 fully saturated rings. The Bertz CT molecular complexity index is 706. The second-order valence-electron chi connectivity index (χ2n) is 6.45. The molecule has 0 radical (unpaired) electrons. The van der Waals surface area contributed by atoms with Gasteiger partial charge < -0.3 is 10.1 Å². The highest BCUT2D eigenvalue weighted by Gasteiger charge is 2.34. The quantitative estimate of drug-likeness (QED) is 0.906. The van der Waals surface area contributed by atoms with E-state index in [4.69, 9.17) is 16.3 Å². The van der Waals surface area contributed by atoms with Crippen LogP contribution in [0, 0.1) is 6.92 Å². The Balaban J connectivity index is 1.77. The van der Waals surface area contributed by atoms with Gasteiger partial charge in [-0.3, -0.25) is 4.79 Å². The molecule has 24 heavy (non-hydrogen) atoms. The maximum Gasteiger partial charge on any atom is 0.251 e. The Kier molecular flexibility index (Phi) is 5.22. The van der Waals surface area contributed by atoms with Crippen LogP contribution in [0.3, 0.4) is 0 Å². The first-order chi connectivity index (χ1) is 11.6. The Hall–Kier alpha value is -1.84. The summed E-state index contributed by atoms with van der Waals surface area (Å²) >= 11 is 6.02. The lowest BCUT2D eigenvalue weighted by atomic mass is 9.74. The van der Waals surface area contributed by atoms with Crippen molar-refractivity contribution in [2.75, 3.05) is 19.8 Å². The Morgan fingerprint density at radius 1 is 1.17 bits per heavy atom. The molecular formula is C20H22ClNO2. The average Bonchev–Trinajstić information content (AvgIpc) is 2.61. The number of nitrogens with one attached hydrogen (secondary N) is 1. The van der Waals surface area contributed by atoms with E-state index in [1.807, 2.05) is 43.3 Å². The SMILES string of the molecule is Cc1cccc(C(=O)NCC2(c3ccc(Cl)cc3)CCOCC2)c1. The molecule has 0 aromatic heterocycles. The third-order valence-electron chi connectivity index (χ3n) is 4.77. The predicted octanol–water partition coefficient (Wildman–Crippen LogP) is 4.13. The fraction of sp³-hybridized carbons (Fsp3) is 0.350. The van der Waals surface area contributed by atoms with Crippen LogP contribution in [0.4, 0.5) is 0 Å². The molecule has 2 aromatic rings. The van der Waals surface area contributed by atoms with Crippen LogP contribution >= 0.6 is 11.6 Å². The van der Waals surface area contributed by atoms with Gasteiger partial charge in [0, 0.05) is 35.8 Å². The van der Waals surface area contributed by atoms with E-state index in [1.165, 1.54) is 5.56 Å². The van der Waals surface area contributed by atoms with E-state index in [0.29, 0.717) is 25.3 Å². The van der Waals surface area contributed by atoms with Gasteiger partial charge in [0.15, 0.2) is 0 Å². The van der Waals surface area contributed by atoms with Gasteiger partial charge in [0.05, 0.1) is 0 Å². The van der Waals surface area contributed by atoms with Crippen LogP contribution in [-0.4, -0.2) is 25.7 Å². The third kappa shape index (κ3) is 3.80. The molecule has 4 heteroatoms. The summed E-state index contributed by atoms with van der Waals surface area (Å²) in [7, 11) is 0. The fourth-order valence-corrected chi connectivity index (χ4v) is 3.40. The maximum atomic E-state index is 12.5. The smallest absolute Gasteiger partial charge is 0.251 e. The highest BCUT2D eigenvalue weighted by atomic mass is 35.5. The van der Waals surface area contributed by atoms with Gasteiger partial charge in [-0.25, -0.2) is 0 Å². The van der Waals surface area contributed by atoms with Gasteiger partial charge in [0.1, 0.15) is 0 Å². The van der Waals surface area contributed by atoms with Crippen molar-refractivity contribution in [1.29, 1.82) is 0 Å². The van der Waals surface area contributed by atoms with Crippen LogP contribution in [0.15, 0.2) is 48.5 Å². The highest BCUT2D eigenvalue weighted by molar-refractivity contribution is 6.30. The van der Waals surface area contributed by atoms with Crippen LogP contribution in [-0.2, 0) is 10.2 Å². The molecule has 0 aliphatic carbocycles. The van der Waals surface area contributed by atoms with Gasteiger partial charge in [-0.2, -0.15) is 0 Å². The van der Waals surface area contributed by atoms with Crippen molar-refractivity contribution < 1.29 is 9.53 Å². The molecule has 3 rings (SSSR count). The summed E-state index contributed by atoms with van der Waals surface area (Å²) in [4.78, 5) is 12.5. The number of rotatable bonds is 4. The first-order valence-electron chi connectivity index (χ1n) is 8.28. The average molecular weight is 344 g/mol. The van der Waals surface area contributed by atoms with Gasteiger partial charge in [0.25, 0.3) is 5.91 Å². The summed E-state index contributed by atoms with van der Waals surface area (Å²) in [6.45, 7) is 4.01. The number of ether oxygens (including phenoxy) is 1. The zero-order valence-electron chi connectivity index (χ0n) is 13.8. The van der Waals surface area contributed by atoms with Crippen molar-refractivity contribution in [3.05, 3.63) is 70.2 Å². The van der Waals surface area contributed by atoms with Crippen molar-refractivity contribution in [3.63, 3.8) is 0 Å². The number of aryl methyl sites for hydroxylation is 1. The molecule has 1 aliphatic rings. The molecule has 1 heterocycles. The second-order valence-corrected chi connectivity index (χ2v) is 6.89. The molecule has 1 amide bonds. The number of halogens is 1. The first-order valence-corrected chi connectivity index (χ1v) is 8.66. The largest absolute Gasteiger partial charge is 0.381 e. The van der Waals surface area contributed by atoms with E-state index in [0.717, 1.165) is 23.4 Å². The third-order valence-corrected chi connectivity index (χ3v) is 5.03. The van der Waals surface area contributed by atoms with Crippen molar-refractivity contribution >= 4 is 17.5 Å². The Morgan fingerprint density at radius 3 is 2.54 bits per heavy atom. The maximum absolute atomic E-state index is 12.5. The van der Waals surface area contributed by atoms with Gasteiger partial charge in [0.2, 0.25) is 0 Å². The molecule has 0 saturated carbocycles. The minimum absolute atomic E-state index is 0.0291. The second kappa shape index (κ2) is 7.37. The molecule has 1 aliphatic heterocycles. The van der Waals surface area contributed by atoms with Crippen LogP contribution < -0.4 is 5.32 Å². The van der Waals surface area contributed by atoms with E-state index in [9.17, 15) is 4.79 Å². The number of amides is 1. The van der Waals surface area contributed by atoms with Crippen molar-refractivity contribution in [1.82, 2.24) is 5.32 Å². The van der Waals surface area contributed by atoms with Gasteiger partial charge in [-0.05, 0) is 49.6 Å². The normalized spacial score (nSPS) is 16.6. The molecule has 0 spiro atoms. The summed E-state index contributed by atoms with van der Waals surface area (Å²) in [6.07, 6.45) is 1.78. The number of hydrogen-bond donors (Lipinski definition) is 1. The molecular weight excluding hydrogens is 322 g/mol. The lowest BCUT2D eigenvalue weighted by molar-refractivity contribution is 0.0487. The molecule has 126 valence electrons. The summed E-state index contributed by atoms with van der Waals surface area (Å²) < 4.78 is 5.54.